The van der Waals surface area contributed by atoms with Gasteiger partial charge in [0.25, 0.3) is 0 Å². The minimum atomic E-state index is 0.0653. The molecule has 0 bridgehead atoms. The Balaban J connectivity index is 2.04. The van der Waals surface area contributed by atoms with E-state index in [-0.39, 0.29) is 11.8 Å². The summed E-state index contributed by atoms with van der Waals surface area (Å²) in [6, 6.07) is 5.78. The summed E-state index contributed by atoms with van der Waals surface area (Å²) in [6.45, 7) is 5.51. The highest BCUT2D eigenvalue weighted by atomic mass is 16.5. The second kappa shape index (κ2) is 7.36. The minimum absolute atomic E-state index is 0.0653. The summed E-state index contributed by atoms with van der Waals surface area (Å²) < 4.78 is 5.12. The van der Waals surface area contributed by atoms with Gasteiger partial charge in [-0.3, -0.25) is 9.78 Å². The maximum atomic E-state index is 12.7. The van der Waals surface area contributed by atoms with Crippen LogP contribution in [0.5, 0.6) is 0 Å². The molecule has 1 aliphatic heterocycles. The Morgan fingerprint density at radius 3 is 2.95 bits per heavy atom. The molecule has 1 aromatic rings. The Bertz CT molecular complexity index is 424. The van der Waals surface area contributed by atoms with Gasteiger partial charge in [0.15, 0.2) is 0 Å². The highest BCUT2D eigenvalue weighted by Gasteiger charge is 2.32. The van der Waals surface area contributed by atoms with Crippen LogP contribution in [0.2, 0.25) is 0 Å². The van der Waals surface area contributed by atoms with Crippen LogP contribution in [0.25, 0.3) is 0 Å². The third-order valence-electron chi connectivity index (χ3n) is 3.79. The molecule has 1 aliphatic rings. The minimum Gasteiger partial charge on any atom is -0.383 e. The van der Waals surface area contributed by atoms with E-state index >= 15 is 0 Å². The lowest BCUT2D eigenvalue weighted by Gasteiger charge is -2.26. The molecule has 2 atom stereocenters. The van der Waals surface area contributed by atoms with Gasteiger partial charge in [-0.1, -0.05) is 13.0 Å². The summed E-state index contributed by atoms with van der Waals surface area (Å²) in [5.74, 6) is 0.650. The first kappa shape index (κ1) is 14.9. The molecule has 1 aromatic heterocycles. The smallest absolute Gasteiger partial charge is 0.227 e. The van der Waals surface area contributed by atoms with Crippen molar-refractivity contribution in [3.8, 4) is 0 Å². The van der Waals surface area contributed by atoms with Gasteiger partial charge >= 0.3 is 0 Å². The molecule has 110 valence electrons. The van der Waals surface area contributed by atoms with Crippen molar-refractivity contribution in [3.63, 3.8) is 0 Å². The molecule has 1 amide bonds. The Hall–Kier alpha value is -1.46. The molecule has 5 nitrogen and oxygen atoms in total. The monoisotopic (exact) mass is 277 g/mol. The van der Waals surface area contributed by atoms with Gasteiger partial charge in [0.1, 0.15) is 0 Å². The van der Waals surface area contributed by atoms with E-state index in [1.807, 2.05) is 23.1 Å². The van der Waals surface area contributed by atoms with Crippen molar-refractivity contribution in [2.24, 2.45) is 11.8 Å². The molecule has 0 radical (unpaired) electrons. The predicted molar refractivity (Wildman–Crippen MR) is 77.1 cm³/mol. The molecule has 5 heteroatoms. The lowest BCUT2D eigenvalue weighted by atomic mass is 9.96. The number of rotatable bonds is 6. The molecule has 0 aliphatic carbocycles. The van der Waals surface area contributed by atoms with E-state index in [1.54, 1.807) is 13.3 Å². The molecule has 1 saturated heterocycles. The summed E-state index contributed by atoms with van der Waals surface area (Å²) in [4.78, 5) is 18.8. The van der Waals surface area contributed by atoms with Gasteiger partial charge in [0.05, 0.1) is 24.8 Å². The highest BCUT2D eigenvalue weighted by Crippen LogP contribution is 2.19. The van der Waals surface area contributed by atoms with Crippen LogP contribution >= 0.6 is 0 Å². The van der Waals surface area contributed by atoms with Crippen molar-refractivity contribution in [1.29, 1.82) is 0 Å². The summed E-state index contributed by atoms with van der Waals surface area (Å²) >= 11 is 0. The van der Waals surface area contributed by atoms with Crippen LogP contribution in [0, 0.1) is 11.8 Å². The number of hydrogen-bond acceptors (Lipinski definition) is 4. The molecular weight excluding hydrogens is 254 g/mol. The number of amides is 1. The van der Waals surface area contributed by atoms with Crippen molar-refractivity contribution in [2.45, 2.75) is 13.5 Å². The SMILES string of the molecule is COCCN(Cc1ccccn1)C(=O)C1CNCC1C. The molecule has 0 spiro atoms. The van der Waals surface area contributed by atoms with Gasteiger partial charge in [0.2, 0.25) is 5.91 Å². The maximum Gasteiger partial charge on any atom is 0.227 e. The predicted octanol–water partition coefficient (Wildman–Crippen LogP) is 0.912. The topological polar surface area (TPSA) is 54.5 Å². The molecule has 1 fully saturated rings. The van der Waals surface area contributed by atoms with Gasteiger partial charge in [-0.2, -0.15) is 0 Å². The first-order chi connectivity index (χ1) is 9.72. The van der Waals surface area contributed by atoms with Crippen LogP contribution in [-0.4, -0.2) is 49.1 Å². The number of carbonyl (C=O) groups excluding carboxylic acids is 1. The van der Waals surface area contributed by atoms with Crippen LogP contribution in [0.3, 0.4) is 0 Å². The summed E-state index contributed by atoms with van der Waals surface area (Å²) in [5, 5.41) is 3.28. The third-order valence-corrected chi connectivity index (χ3v) is 3.79. The van der Waals surface area contributed by atoms with Crippen LogP contribution in [-0.2, 0) is 16.1 Å². The fraction of sp³-hybridized carbons (Fsp3) is 0.600. The second-order valence-corrected chi connectivity index (χ2v) is 5.32. The Morgan fingerprint density at radius 1 is 1.50 bits per heavy atom. The standard InChI is InChI=1S/C15H23N3O2/c1-12-9-16-10-14(12)15(19)18(7-8-20-2)11-13-5-3-4-6-17-13/h3-6,12,14,16H,7-11H2,1-2H3. The molecule has 20 heavy (non-hydrogen) atoms. The van der Waals surface area contributed by atoms with Crippen LogP contribution in [0.15, 0.2) is 24.4 Å². The normalized spacial score (nSPS) is 21.9. The van der Waals surface area contributed by atoms with Gasteiger partial charge in [-0.25, -0.2) is 0 Å². The third kappa shape index (κ3) is 3.77. The Labute approximate surface area is 120 Å². The Morgan fingerprint density at radius 2 is 2.35 bits per heavy atom. The number of pyridine rings is 1. The van der Waals surface area contributed by atoms with Crippen molar-refractivity contribution in [3.05, 3.63) is 30.1 Å². The van der Waals surface area contributed by atoms with E-state index in [0.29, 0.717) is 25.6 Å². The lowest BCUT2D eigenvalue weighted by molar-refractivity contribution is -0.137. The van der Waals surface area contributed by atoms with Crippen LogP contribution in [0.4, 0.5) is 0 Å². The van der Waals surface area contributed by atoms with E-state index in [1.165, 1.54) is 0 Å². The van der Waals surface area contributed by atoms with Gasteiger partial charge in [-0.05, 0) is 24.6 Å². The second-order valence-electron chi connectivity index (χ2n) is 5.32. The van der Waals surface area contributed by atoms with Crippen LogP contribution in [0.1, 0.15) is 12.6 Å². The number of methoxy groups -OCH3 is 1. The zero-order valence-electron chi connectivity index (χ0n) is 12.2. The van der Waals surface area contributed by atoms with Gasteiger partial charge in [0, 0.05) is 26.4 Å². The summed E-state index contributed by atoms with van der Waals surface area (Å²) in [5.41, 5.74) is 0.913. The highest BCUT2D eigenvalue weighted by molar-refractivity contribution is 5.79. The zero-order valence-corrected chi connectivity index (χ0v) is 12.2. The molecule has 1 N–H and O–H groups in total. The summed E-state index contributed by atoms with van der Waals surface area (Å²) in [6.07, 6.45) is 1.76. The van der Waals surface area contributed by atoms with E-state index in [4.69, 9.17) is 4.74 Å². The number of carbonyl (C=O) groups is 1. The number of hydrogen-bond donors (Lipinski definition) is 1. The molecule has 2 unspecified atom stereocenters. The number of aromatic nitrogens is 1. The number of nitrogens with zero attached hydrogens (tertiary/aromatic N) is 2. The van der Waals surface area contributed by atoms with E-state index in [9.17, 15) is 4.79 Å². The fourth-order valence-corrected chi connectivity index (χ4v) is 2.53. The van der Waals surface area contributed by atoms with Crippen molar-refractivity contribution in [1.82, 2.24) is 15.2 Å². The zero-order chi connectivity index (χ0) is 14.4. The molecular formula is C15H23N3O2. The number of ether oxygens (including phenoxy) is 1. The maximum absolute atomic E-state index is 12.7. The van der Waals surface area contributed by atoms with Crippen molar-refractivity contribution < 1.29 is 9.53 Å². The first-order valence-corrected chi connectivity index (χ1v) is 7.10. The van der Waals surface area contributed by atoms with E-state index < -0.39 is 0 Å². The fourth-order valence-electron chi connectivity index (χ4n) is 2.53. The Kier molecular flexibility index (Phi) is 5.49. The first-order valence-electron chi connectivity index (χ1n) is 7.10. The lowest BCUT2D eigenvalue weighted by Crippen LogP contribution is -2.40. The van der Waals surface area contributed by atoms with E-state index in [0.717, 1.165) is 18.8 Å². The summed E-state index contributed by atoms with van der Waals surface area (Å²) in [7, 11) is 1.66. The molecule has 2 rings (SSSR count). The molecule has 2 heterocycles. The molecule has 0 saturated carbocycles. The van der Waals surface area contributed by atoms with Gasteiger partial charge < -0.3 is 15.0 Å². The van der Waals surface area contributed by atoms with Crippen molar-refractivity contribution >= 4 is 5.91 Å². The number of nitrogens with one attached hydrogen (secondary N) is 1. The van der Waals surface area contributed by atoms with Crippen molar-refractivity contribution in [2.75, 3.05) is 33.4 Å². The van der Waals surface area contributed by atoms with Gasteiger partial charge in [-0.15, -0.1) is 0 Å². The quantitative estimate of drug-likeness (QED) is 0.840. The van der Waals surface area contributed by atoms with E-state index in [2.05, 4.69) is 17.2 Å². The van der Waals surface area contributed by atoms with Crippen LogP contribution < -0.4 is 5.32 Å². The molecule has 0 aromatic carbocycles. The largest absolute Gasteiger partial charge is 0.383 e. The average Bonchev–Trinajstić information content (AvgIpc) is 2.90. The average molecular weight is 277 g/mol.